The van der Waals surface area contributed by atoms with E-state index < -0.39 is 0 Å². The summed E-state index contributed by atoms with van der Waals surface area (Å²) in [4.78, 5) is 23.8. The number of methoxy groups -OCH3 is 1. The number of rotatable bonds is 8. The van der Waals surface area contributed by atoms with Crippen molar-refractivity contribution in [3.63, 3.8) is 0 Å². The Kier molecular flexibility index (Phi) is 6.82. The maximum Gasteiger partial charge on any atom is 0.220 e. The number of ketones is 1. The zero-order valence-corrected chi connectivity index (χ0v) is 14.3. The molecule has 0 aliphatic carbocycles. The van der Waals surface area contributed by atoms with Crippen LogP contribution in [0.1, 0.15) is 28.8 Å². The van der Waals surface area contributed by atoms with Crippen molar-refractivity contribution in [3.05, 3.63) is 64.7 Å². The van der Waals surface area contributed by atoms with Gasteiger partial charge in [-0.3, -0.25) is 9.59 Å². The van der Waals surface area contributed by atoms with Gasteiger partial charge in [0.15, 0.2) is 5.78 Å². The first-order valence-corrected chi connectivity index (χ1v) is 8.14. The lowest BCUT2D eigenvalue weighted by molar-refractivity contribution is -0.121. The number of carbonyl (C=O) groups excluding carboxylic acids is 2. The predicted molar refractivity (Wildman–Crippen MR) is 94.7 cm³/mol. The van der Waals surface area contributed by atoms with Gasteiger partial charge in [-0.1, -0.05) is 23.7 Å². The normalized spacial score (nSPS) is 10.2. The SMILES string of the molecule is COc1ccc(CCNC(=O)CCC(=O)c2ccc(Cl)cc2)cc1. The van der Waals surface area contributed by atoms with Crippen LogP contribution in [0.3, 0.4) is 0 Å². The number of halogens is 1. The van der Waals surface area contributed by atoms with E-state index in [2.05, 4.69) is 5.32 Å². The Labute approximate surface area is 146 Å². The zero-order chi connectivity index (χ0) is 17.4. The van der Waals surface area contributed by atoms with Crippen LogP contribution in [0, 0.1) is 0 Å². The molecule has 0 heterocycles. The summed E-state index contributed by atoms with van der Waals surface area (Å²) in [5.74, 6) is 0.631. The summed E-state index contributed by atoms with van der Waals surface area (Å²) in [5.41, 5.74) is 1.69. The Morgan fingerprint density at radius 3 is 2.29 bits per heavy atom. The van der Waals surface area contributed by atoms with Crippen molar-refractivity contribution >= 4 is 23.3 Å². The Morgan fingerprint density at radius 1 is 1.00 bits per heavy atom. The van der Waals surface area contributed by atoms with Gasteiger partial charge in [0.25, 0.3) is 0 Å². The molecule has 0 aliphatic heterocycles. The monoisotopic (exact) mass is 345 g/mol. The van der Waals surface area contributed by atoms with E-state index in [0.717, 1.165) is 17.7 Å². The summed E-state index contributed by atoms with van der Waals surface area (Å²) >= 11 is 5.79. The van der Waals surface area contributed by atoms with Gasteiger partial charge in [-0.15, -0.1) is 0 Å². The summed E-state index contributed by atoms with van der Waals surface area (Å²) in [5, 5.41) is 3.42. The molecule has 2 rings (SSSR count). The first-order chi connectivity index (χ1) is 11.6. The number of ether oxygens (including phenoxy) is 1. The summed E-state index contributed by atoms with van der Waals surface area (Å²) in [6.07, 6.45) is 1.11. The molecule has 0 radical (unpaired) electrons. The van der Waals surface area contributed by atoms with E-state index in [1.807, 2.05) is 24.3 Å². The highest BCUT2D eigenvalue weighted by atomic mass is 35.5. The van der Waals surface area contributed by atoms with E-state index in [9.17, 15) is 9.59 Å². The number of benzene rings is 2. The smallest absolute Gasteiger partial charge is 0.220 e. The average molecular weight is 346 g/mol. The third kappa shape index (κ3) is 5.70. The van der Waals surface area contributed by atoms with Gasteiger partial charge in [0.1, 0.15) is 5.75 Å². The Morgan fingerprint density at radius 2 is 1.67 bits per heavy atom. The third-order valence-electron chi connectivity index (χ3n) is 3.64. The molecular weight excluding hydrogens is 326 g/mol. The topological polar surface area (TPSA) is 55.4 Å². The van der Waals surface area contributed by atoms with Crippen molar-refractivity contribution in [1.82, 2.24) is 5.32 Å². The fourth-order valence-corrected chi connectivity index (χ4v) is 2.36. The van der Waals surface area contributed by atoms with Gasteiger partial charge in [-0.25, -0.2) is 0 Å². The molecule has 4 nitrogen and oxygen atoms in total. The van der Waals surface area contributed by atoms with Crippen LogP contribution in [0.25, 0.3) is 0 Å². The molecular formula is C19H20ClNO3. The average Bonchev–Trinajstić information content (AvgIpc) is 2.61. The lowest BCUT2D eigenvalue weighted by atomic mass is 10.1. The summed E-state index contributed by atoms with van der Waals surface area (Å²) in [6.45, 7) is 0.542. The number of hydrogen-bond acceptors (Lipinski definition) is 3. The summed E-state index contributed by atoms with van der Waals surface area (Å²) < 4.78 is 5.10. The van der Waals surface area contributed by atoms with E-state index in [-0.39, 0.29) is 24.5 Å². The highest BCUT2D eigenvalue weighted by Gasteiger charge is 2.09. The number of amides is 1. The van der Waals surface area contributed by atoms with Crippen molar-refractivity contribution < 1.29 is 14.3 Å². The largest absolute Gasteiger partial charge is 0.497 e. The van der Waals surface area contributed by atoms with Crippen LogP contribution in [-0.2, 0) is 11.2 Å². The highest BCUT2D eigenvalue weighted by molar-refractivity contribution is 6.30. The molecule has 0 saturated heterocycles. The highest BCUT2D eigenvalue weighted by Crippen LogP contribution is 2.12. The predicted octanol–water partition coefficient (Wildman–Crippen LogP) is 3.67. The molecule has 2 aromatic carbocycles. The minimum atomic E-state index is -0.120. The fourth-order valence-electron chi connectivity index (χ4n) is 2.23. The van der Waals surface area contributed by atoms with Crippen LogP contribution in [0.15, 0.2) is 48.5 Å². The molecule has 24 heavy (non-hydrogen) atoms. The quantitative estimate of drug-likeness (QED) is 0.743. The van der Waals surface area contributed by atoms with Crippen LogP contribution in [-0.4, -0.2) is 25.3 Å². The van der Waals surface area contributed by atoms with Crippen molar-refractivity contribution in [2.75, 3.05) is 13.7 Å². The molecule has 0 spiro atoms. The second-order valence-electron chi connectivity index (χ2n) is 5.38. The molecule has 5 heteroatoms. The maximum absolute atomic E-state index is 12.0. The Hall–Kier alpha value is -2.33. The van der Waals surface area contributed by atoms with Gasteiger partial charge < -0.3 is 10.1 Å². The van der Waals surface area contributed by atoms with E-state index >= 15 is 0 Å². The Bertz CT molecular complexity index is 681. The second kappa shape index (κ2) is 9.08. The first kappa shape index (κ1) is 18.0. The molecule has 0 aromatic heterocycles. The van der Waals surface area contributed by atoms with Crippen LogP contribution >= 0.6 is 11.6 Å². The van der Waals surface area contributed by atoms with E-state index in [1.165, 1.54) is 0 Å². The second-order valence-corrected chi connectivity index (χ2v) is 5.81. The van der Waals surface area contributed by atoms with E-state index in [1.54, 1.807) is 31.4 Å². The molecule has 0 saturated carbocycles. The third-order valence-corrected chi connectivity index (χ3v) is 3.89. The van der Waals surface area contributed by atoms with Crippen LogP contribution in [0.2, 0.25) is 5.02 Å². The molecule has 0 unspecified atom stereocenters. The molecule has 0 bridgehead atoms. The van der Waals surface area contributed by atoms with Gasteiger partial charge in [-0.2, -0.15) is 0 Å². The molecule has 0 aliphatic rings. The van der Waals surface area contributed by atoms with Crippen molar-refractivity contribution in [2.45, 2.75) is 19.3 Å². The lowest BCUT2D eigenvalue weighted by Crippen LogP contribution is -2.26. The van der Waals surface area contributed by atoms with Gasteiger partial charge in [0.2, 0.25) is 5.91 Å². The number of Topliss-reactive ketones (excluding diaryl/α,β-unsaturated/α-hetero) is 1. The fraction of sp³-hybridized carbons (Fsp3) is 0.263. The van der Waals surface area contributed by atoms with Gasteiger partial charge in [0.05, 0.1) is 7.11 Å². The maximum atomic E-state index is 12.0. The van der Waals surface area contributed by atoms with E-state index in [0.29, 0.717) is 17.1 Å². The molecule has 126 valence electrons. The van der Waals surface area contributed by atoms with Gasteiger partial charge in [0, 0.05) is 30.0 Å². The molecule has 1 amide bonds. The number of nitrogens with one attached hydrogen (secondary N) is 1. The lowest BCUT2D eigenvalue weighted by Gasteiger charge is -2.06. The van der Waals surface area contributed by atoms with Gasteiger partial charge >= 0.3 is 0 Å². The Balaban J connectivity index is 1.69. The standard InChI is InChI=1S/C19H20ClNO3/c1-24-17-8-2-14(3-9-17)12-13-21-19(23)11-10-18(22)15-4-6-16(20)7-5-15/h2-9H,10-13H2,1H3,(H,21,23). The van der Waals surface area contributed by atoms with Crippen molar-refractivity contribution in [1.29, 1.82) is 0 Å². The van der Waals surface area contributed by atoms with E-state index in [4.69, 9.17) is 16.3 Å². The zero-order valence-electron chi connectivity index (χ0n) is 13.5. The number of carbonyl (C=O) groups is 2. The molecule has 2 aromatic rings. The minimum Gasteiger partial charge on any atom is -0.497 e. The van der Waals surface area contributed by atoms with Crippen LogP contribution < -0.4 is 10.1 Å². The molecule has 1 N–H and O–H groups in total. The summed E-state index contributed by atoms with van der Waals surface area (Å²) in [6, 6.07) is 14.4. The first-order valence-electron chi connectivity index (χ1n) is 7.77. The van der Waals surface area contributed by atoms with Crippen LogP contribution in [0.4, 0.5) is 0 Å². The molecule has 0 fully saturated rings. The van der Waals surface area contributed by atoms with Crippen molar-refractivity contribution in [2.24, 2.45) is 0 Å². The number of hydrogen-bond donors (Lipinski definition) is 1. The van der Waals surface area contributed by atoms with Crippen molar-refractivity contribution in [3.8, 4) is 5.75 Å². The summed E-state index contributed by atoms with van der Waals surface area (Å²) in [7, 11) is 1.63. The van der Waals surface area contributed by atoms with Crippen LogP contribution in [0.5, 0.6) is 5.75 Å². The molecule has 0 atom stereocenters. The van der Waals surface area contributed by atoms with Gasteiger partial charge in [-0.05, 0) is 48.4 Å². The minimum absolute atomic E-state index is 0.0584.